The maximum Gasteiger partial charge on any atom is 0.222 e. The summed E-state index contributed by atoms with van der Waals surface area (Å²) in [4.78, 5) is 13.5. The van der Waals surface area contributed by atoms with E-state index in [0.717, 1.165) is 49.4 Å². The van der Waals surface area contributed by atoms with Gasteiger partial charge in [-0.3, -0.25) is 0 Å². The van der Waals surface area contributed by atoms with E-state index in [-0.39, 0.29) is 11.7 Å². The van der Waals surface area contributed by atoms with Gasteiger partial charge in [-0.15, -0.1) is 0 Å². The summed E-state index contributed by atoms with van der Waals surface area (Å²) in [6, 6.07) is 17.6. The standard InChI is InChI=1S/C23H28N6O/c1-28-12-14-29(15-13-28)19-6-4-18(5-7-19)21-16-22(27-23(24)26-21)25-11-10-17-2-8-20(30)9-3-17/h2-9,16,30H,10-15H2,1H3,(H3,24,25,26,27). The van der Waals surface area contributed by atoms with E-state index in [1.807, 2.05) is 18.2 Å². The van der Waals surface area contributed by atoms with Crippen molar-refractivity contribution in [2.45, 2.75) is 6.42 Å². The van der Waals surface area contributed by atoms with Gasteiger partial charge in [-0.2, -0.15) is 4.98 Å². The second-order valence-corrected chi connectivity index (χ2v) is 7.68. The predicted octanol–water partition coefficient (Wildman–Crippen LogP) is 2.84. The van der Waals surface area contributed by atoms with Crippen LogP contribution in [-0.4, -0.2) is 59.7 Å². The lowest BCUT2D eigenvalue weighted by molar-refractivity contribution is 0.313. The Balaban J connectivity index is 1.41. The highest BCUT2D eigenvalue weighted by Crippen LogP contribution is 2.24. The Morgan fingerprint density at radius 3 is 2.37 bits per heavy atom. The van der Waals surface area contributed by atoms with Gasteiger partial charge >= 0.3 is 0 Å². The largest absolute Gasteiger partial charge is 0.508 e. The number of nitrogens with one attached hydrogen (secondary N) is 1. The number of aromatic nitrogens is 2. The highest BCUT2D eigenvalue weighted by Gasteiger charge is 2.14. The molecule has 1 aromatic heterocycles. The smallest absolute Gasteiger partial charge is 0.222 e. The van der Waals surface area contributed by atoms with Gasteiger partial charge in [-0.1, -0.05) is 24.3 Å². The average molecular weight is 405 g/mol. The van der Waals surface area contributed by atoms with Crippen LogP contribution in [-0.2, 0) is 6.42 Å². The third kappa shape index (κ3) is 4.99. The number of nitrogens with two attached hydrogens (primary N) is 1. The normalized spacial score (nSPS) is 14.6. The molecule has 4 rings (SSSR count). The minimum Gasteiger partial charge on any atom is -0.508 e. The third-order valence-electron chi connectivity index (χ3n) is 5.43. The SMILES string of the molecule is CN1CCN(c2ccc(-c3cc(NCCc4ccc(O)cc4)nc(N)n3)cc2)CC1. The summed E-state index contributed by atoms with van der Waals surface area (Å²) < 4.78 is 0. The van der Waals surface area contributed by atoms with Crippen LogP contribution in [0.2, 0.25) is 0 Å². The minimum absolute atomic E-state index is 0.253. The molecular weight excluding hydrogens is 376 g/mol. The van der Waals surface area contributed by atoms with Crippen molar-refractivity contribution in [2.24, 2.45) is 0 Å². The highest BCUT2D eigenvalue weighted by molar-refractivity contribution is 5.66. The summed E-state index contributed by atoms with van der Waals surface area (Å²) in [5.41, 5.74) is 10.2. The molecule has 0 unspecified atom stereocenters. The van der Waals surface area contributed by atoms with E-state index in [9.17, 15) is 5.11 Å². The van der Waals surface area contributed by atoms with Crippen molar-refractivity contribution in [3.8, 4) is 17.0 Å². The van der Waals surface area contributed by atoms with Gasteiger partial charge in [0.15, 0.2) is 0 Å². The number of aromatic hydroxyl groups is 1. The Labute approximate surface area is 177 Å². The summed E-state index contributed by atoms with van der Waals surface area (Å²) in [5.74, 6) is 1.24. The third-order valence-corrected chi connectivity index (χ3v) is 5.43. The van der Waals surface area contributed by atoms with E-state index in [4.69, 9.17) is 5.73 Å². The molecule has 0 aliphatic carbocycles. The van der Waals surface area contributed by atoms with E-state index in [0.29, 0.717) is 12.4 Å². The number of anilines is 3. The van der Waals surface area contributed by atoms with Crippen LogP contribution >= 0.6 is 0 Å². The fraction of sp³-hybridized carbons (Fsp3) is 0.304. The molecule has 7 nitrogen and oxygen atoms in total. The Morgan fingerprint density at radius 1 is 0.967 bits per heavy atom. The number of phenols is 1. The topological polar surface area (TPSA) is 90.5 Å². The molecule has 156 valence electrons. The molecule has 1 aliphatic heterocycles. The van der Waals surface area contributed by atoms with Crippen LogP contribution in [0.4, 0.5) is 17.5 Å². The minimum atomic E-state index is 0.253. The first-order valence-electron chi connectivity index (χ1n) is 10.3. The van der Waals surface area contributed by atoms with Gasteiger partial charge in [-0.05, 0) is 43.3 Å². The first-order chi connectivity index (χ1) is 14.6. The summed E-state index contributed by atoms with van der Waals surface area (Å²) in [7, 11) is 2.16. The molecule has 0 amide bonds. The quantitative estimate of drug-likeness (QED) is 0.582. The van der Waals surface area contributed by atoms with Gasteiger partial charge in [0.25, 0.3) is 0 Å². The number of nitrogen functional groups attached to an aromatic ring is 1. The fourth-order valence-electron chi connectivity index (χ4n) is 3.61. The lowest BCUT2D eigenvalue weighted by Gasteiger charge is -2.34. The number of nitrogens with zero attached hydrogens (tertiary/aromatic N) is 4. The zero-order chi connectivity index (χ0) is 20.9. The Morgan fingerprint density at radius 2 is 1.67 bits per heavy atom. The van der Waals surface area contributed by atoms with E-state index >= 15 is 0 Å². The molecule has 0 saturated carbocycles. The van der Waals surface area contributed by atoms with E-state index in [2.05, 4.69) is 56.4 Å². The first-order valence-corrected chi connectivity index (χ1v) is 10.3. The molecule has 2 heterocycles. The number of rotatable bonds is 6. The Hall–Kier alpha value is -3.32. The van der Waals surface area contributed by atoms with Crippen LogP contribution in [0.1, 0.15) is 5.56 Å². The molecule has 30 heavy (non-hydrogen) atoms. The van der Waals surface area contributed by atoms with Gasteiger partial charge < -0.3 is 26.0 Å². The number of phenolic OH excluding ortho intramolecular Hbond substituents is 1. The maximum atomic E-state index is 9.38. The van der Waals surface area contributed by atoms with Gasteiger partial charge in [0.2, 0.25) is 5.95 Å². The molecule has 0 atom stereocenters. The van der Waals surface area contributed by atoms with Crippen molar-refractivity contribution in [3.05, 3.63) is 60.2 Å². The van der Waals surface area contributed by atoms with Crippen LogP contribution in [0, 0.1) is 0 Å². The summed E-state index contributed by atoms with van der Waals surface area (Å²) >= 11 is 0. The lowest BCUT2D eigenvalue weighted by atomic mass is 10.1. The molecule has 0 spiro atoms. The van der Waals surface area contributed by atoms with Crippen LogP contribution in [0.3, 0.4) is 0 Å². The summed E-state index contributed by atoms with van der Waals surface area (Å²) in [5, 5.41) is 12.7. The number of hydrogen-bond donors (Lipinski definition) is 3. The molecule has 0 bridgehead atoms. The van der Waals surface area contributed by atoms with Gasteiger partial charge in [0, 0.05) is 50.0 Å². The average Bonchev–Trinajstić information content (AvgIpc) is 2.75. The van der Waals surface area contributed by atoms with Gasteiger partial charge in [0.1, 0.15) is 11.6 Å². The van der Waals surface area contributed by atoms with Crippen LogP contribution in [0.15, 0.2) is 54.6 Å². The second kappa shape index (κ2) is 9.00. The van der Waals surface area contributed by atoms with Crippen molar-refractivity contribution in [1.29, 1.82) is 0 Å². The van der Waals surface area contributed by atoms with Crippen molar-refractivity contribution >= 4 is 17.5 Å². The highest BCUT2D eigenvalue weighted by atomic mass is 16.3. The van der Waals surface area contributed by atoms with Gasteiger partial charge in [0.05, 0.1) is 5.69 Å². The van der Waals surface area contributed by atoms with Crippen LogP contribution in [0.5, 0.6) is 5.75 Å². The number of hydrogen-bond acceptors (Lipinski definition) is 7. The number of benzene rings is 2. The van der Waals surface area contributed by atoms with E-state index in [1.165, 1.54) is 5.69 Å². The zero-order valence-electron chi connectivity index (χ0n) is 17.3. The molecule has 1 saturated heterocycles. The Bertz CT molecular complexity index is 966. The molecule has 0 radical (unpaired) electrons. The lowest BCUT2D eigenvalue weighted by Crippen LogP contribution is -2.44. The van der Waals surface area contributed by atoms with Crippen molar-refractivity contribution in [1.82, 2.24) is 14.9 Å². The van der Waals surface area contributed by atoms with Crippen LogP contribution < -0.4 is 16.0 Å². The molecule has 2 aromatic carbocycles. The van der Waals surface area contributed by atoms with Crippen LogP contribution in [0.25, 0.3) is 11.3 Å². The van der Waals surface area contributed by atoms with E-state index < -0.39 is 0 Å². The molecule has 1 aliphatic rings. The molecule has 3 aromatic rings. The number of piperazine rings is 1. The maximum absolute atomic E-state index is 9.38. The van der Waals surface area contributed by atoms with E-state index in [1.54, 1.807) is 12.1 Å². The Kier molecular flexibility index (Phi) is 5.99. The molecule has 7 heteroatoms. The zero-order valence-corrected chi connectivity index (χ0v) is 17.3. The molecular formula is C23H28N6O. The monoisotopic (exact) mass is 404 g/mol. The summed E-state index contributed by atoms with van der Waals surface area (Å²) in [6.45, 7) is 4.98. The van der Waals surface area contributed by atoms with Gasteiger partial charge in [-0.25, -0.2) is 4.98 Å². The first kappa shape index (κ1) is 20.0. The number of likely N-dealkylation sites (N-methyl/N-ethyl adjacent to an activating group) is 1. The summed E-state index contributed by atoms with van der Waals surface area (Å²) in [6.07, 6.45) is 0.819. The second-order valence-electron chi connectivity index (χ2n) is 7.68. The van der Waals surface area contributed by atoms with Crippen molar-refractivity contribution in [2.75, 3.05) is 55.7 Å². The molecule has 1 fully saturated rings. The van der Waals surface area contributed by atoms with Crippen molar-refractivity contribution < 1.29 is 5.11 Å². The predicted molar refractivity (Wildman–Crippen MR) is 122 cm³/mol. The van der Waals surface area contributed by atoms with Crippen molar-refractivity contribution in [3.63, 3.8) is 0 Å². The molecule has 4 N–H and O–H groups in total. The fourth-order valence-corrected chi connectivity index (χ4v) is 3.61.